The Morgan fingerprint density at radius 2 is 2.09 bits per heavy atom. The van der Waals surface area contributed by atoms with Crippen molar-refractivity contribution >= 4 is 29.2 Å². The molecule has 0 fully saturated rings. The number of hydrogen-bond donors (Lipinski definition) is 3. The van der Waals surface area contributed by atoms with Gasteiger partial charge in [0, 0.05) is 0 Å². The van der Waals surface area contributed by atoms with Crippen molar-refractivity contribution in [1.29, 1.82) is 0 Å². The first-order valence-electron chi connectivity index (χ1n) is 6.85. The summed E-state index contributed by atoms with van der Waals surface area (Å²) in [5.41, 5.74) is 2.05. The average molecular weight is 310 g/mol. The molecule has 0 aliphatic heterocycles. The lowest BCUT2D eigenvalue weighted by molar-refractivity contribution is 0.0699. The maximum atomic E-state index is 11.2. The third-order valence-corrected chi connectivity index (χ3v) is 3.40. The number of phenols is 1. The van der Waals surface area contributed by atoms with Gasteiger partial charge in [-0.1, -0.05) is 18.2 Å². The minimum absolute atomic E-state index is 0.0690. The topological polar surface area (TPSA) is 95.4 Å². The van der Waals surface area contributed by atoms with E-state index in [4.69, 9.17) is 4.74 Å². The molecular formula is C17H14N2O4. The highest BCUT2D eigenvalue weighted by molar-refractivity contribution is 6.01. The average Bonchev–Trinajstić information content (AvgIpc) is 2.96. The Labute approximate surface area is 131 Å². The molecule has 0 saturated carbocycles. The van der Waals surface area contributed by atoms with E-state index in [1.165, 1.54) is 13.2 Å². The predicted molar refractivity (Wildman–Crippen MR) is 86.6 cm³/mol. The van der Waals surface area contributed by atoms with Crippen molar-refractivity contribution in [2.75, 3.05) is 7.11 Å². The van der Waals surface area contributed by atoms with Crippen LogP contribution in [0.5, 0.6) is 11.5 Å². The van der Waals surface area contributed by atoms with Gasteiger partial charge in [-0.05, 0) is 35.9 Å². The molecule has 0 spiro atoms. The summed E-state index contributed by atoms with van der Waals surface area (Å²) >= 11 is 0. The molecule has 1 aromatic heterocycles. The van der Waals surface area contributed by atoms with Gasteiger partial charge in [0.15, 0.2) is 11.5 Å². The van der Waals surface area contributed by atoms with Crippen LogP contribution in [0, 0.1) is 0 Å². The first kappa shape index (κ1) is 14.6. The van der Waals surface area contributed by atoms with Crippen LogP contribution in [-0.4, -0.2) is 33.3 Å². The Hall–Kier alpha value is -3.28. The number of carboxylic acids is 1. The molecule has 1 heterocycles. The van der Waals surface area contributed by atoms with Crippen LogP contribution in [0.1, 0.15) is 21.7 Å². The van der Waals surface area contributed by atoms with E-state index in [2.05, 4.69) is 9.97 Å². The number of benzene rings is 2. The lowest BCUT2D eigenvalue weighted by Gasteiger charge is -2.03. The summed E-state index contributed by atoms with van der Waals surface area (Å²) < 4.78 is 5.06. The van der Waals surface area contributed by atoms with Crippen LogP contribution in [0.3, 0.4) is 0 Å². The van der Waals surface area contributed by atoms with Crippen LogP contribution in [0.4, 0.5) is 0 Å². The number of para-hydroxylation sites is 1. The number of methoxy groups -OCH3 is 1. The molecular weight excluding hydrogens is 296 g/mol. The van der Waals surface area contributed by atoms with E-state index in [-0.39, 0.29) is 11.3 Å². The molecule has 3 rings (SSSR count). The number of nitrogens with one attached hydrogen (secondary N) is 1. The summed E-state index contributed by atoms with van der Waals surface area (Å²) in [4.78, 5) is 18.6. The fourth-order valence-corrected chi connectivity index (χ4v) is 2.28. The van der Waals surface area contributed by atoms with E-state index >= 15 is 0 Å². The standard InChI is InChI=1S/C17H14N2O4/c1-23-14-9-10(5-7-13(14)20)6-8-15-18-12-4-2-3-11(17(21)22)16(12)19-15/h2-9,20H,1H3,(H,18,19)(H,21,22). The minimum Gasteiger partial charge on any atom is -0.504 e. The summed E-state index contributed by atoms with van der Waals surface area (Å²) in [6.07, 6.45) is 3.53. The van der Waals surface area contributed by atoms with Crippen LogP contribution in [0.2, 0.25) is 0 Å². The quantitative estimate of drug-likeness (QED) is 0.688. The number of carboxylic acid groups (broad SMARTS) is 1. The molecule has 6 nitrogen and oxygen atoms in total. The highest BCUT2D eigenvalue weighted by atomic mass is 16.5. The van der Waals surface area contributed by atoms with Crippen LogP contribution in [0.25, 0.3) is 23.2 Å². The zero-order chi connectivity index (χ0) is 16.4. The molecule has 0 unspecified atom stereocenters. The van der Waals surface area contributed by atoms with Gasteiger partial charge in [0.2, 0.25) is 0 Å². The number of aromatic amines is 1. The second-order valence-corrected chi connectivity index (χ2v) is 4.89. The number of rotatable bonds is 4. The third kappa shape index (κ3) is 2.87. The Balaban J connectivity index is 1.95. The largest absolute Gasteiger partial charge is 0.504 e. The van der Waals surface area contributed by atoms with E-state index in [0.717, 1.165) is 5.56 Å². The molecule has 0 bridgehead atoms. The van der Waals surface area contributed by atoms with E-state index in [9.17, 15) is 15.0 Å². The van der Waals surface area contributed by atoms with Crippen molar-refractivity contribution in [2.24, 2.45) is 0 Å². The minimum atomic E-state index is -1.01. The number of fused-ring (bicyclic) bond motifs is 1. The number of imidazole rings is 1. The molecule has 0 atom stereocenters. The van der Waals surface area contributed by atoms with Crippen molar-refractivity contribution in [1.82, 2.24) is 9.97 Å². The van der Waals surface area contributed by atoms with Crippen molar-refractivity contribution < 1.29 is 19.7 Å². The number of H-pyrrole nitrogens is 1. The van der Waals surface area contributed by atoms with Gasteiger partial charge in [0.05, 0.1) is 18.2 Å². The van der Waals surface area contributed by atoms with Gasteiger partial charge in [0.25, 0.3) is 0 Å². The van der Waals surface area contributed by atoms with E-state index in [1.54, 1.807) is 42.5 Å². The molecule has 0 aliphatic carbocycles. The predicted octanol–water partition coefficient (Wildman–Crippen LogP) is 3.15. The smallest absolute Gasteiger partial charge is 0.337 e. The Morgan fingerprint density at radius 1 is 1.26 bits per heavy atom. The van der Waals surface area contributed by atoms with Gasteiger partial charge in [-0.2, -0.15) is 0 Å². The SMILES string of the molecule is COc1cc(C=Cc2nc3c(C(=O)O)cccc3[nH]2)ccc1O. The second kappa shape index (κ2) is 5.84. The Bertz CT molecular complexity index is 912. The van der Waals surface area contributed by atoms with Crippen molar-refractivity contribution in [2.45, 2.75) is 0 Å². The third-order valence-electron chi connectivity index (χ3n) is 3.40. The first-order valence-corrected chi connectivity index (χ1v) is 6.85. The van der Waals surface area contributed by atoms with Crippen LogP contribution < -0.4 is 4.74 Å². The zero-order valence-corrected chi connectivity index (χ0v) is 12.3. The molecule has 0 amide bonds. The van der Waals surface area contributed by atoms with Crippen LogP contribution >= 0.6 is 0 Å². The summed E-state index contributed by atoms with van der Waals surface area (Å²) in [6, 6.07) is 9.93. The Kier molecular flexibility index (Phi) is 3.72. The molecule has 3 N–H and O–H groups in total. The monoisotopic (exact) mass is 310 g/mol. The molecule has 2 aromatic carbocycles. The van der Waals surface area contributed by atoms with Crippen molar-refractivity contribution in [3.05, 3.63) is 53.3 Å². The fraction of sp³-hybridized carbons (Fsp3) is 0.0588. The maximum absolute atomic E-state index is 11.2. The second-order valence-electron chi connectivity index (χ2n) is 4.89. The maximum Gasteiger partial charge on any atom is 0.337 e. The molecule has 0 aliphatic rings. The number of aromatic nitrogens is 2. The van der Waals surface area contributed by atoms with Gasteiger partial charge < -0.3 is 19.9 Å². The summed E-state index contributed by atoms with van der Waals surface area (Å²) in [5.74, 6) is -0.0222. The highest BCUT2D eigenvalue weighted by Crippen LogP contribution is 2.27. The van der Waals surface area contributed by atoms with E-state index < -0.39 is 5.97 Å². The van der Waals surface area contributed by atoms with Gasteiger partial charge in [-0.3, -0.25) is 0 Å². The number of carbonyl (C=O) groups is 1. The van der Waals surface area contributed by atoms with Crippen molar-refractivity contribution in [3.63, 3.8) is 0 Å². The first-order chi connectivity index (χ1) is 11.1. The molecule has 0 radical (unpaired) electrons. The molecule has 23 heavy (non-hydrogen) atoms. The summed E-state index contributed by atoms with van der Waals surface area (Å²) in [5, 5.41) is 18.7. The molecule has 116 valence electrons. The normalized spacial score (nSPS) is 11.2. The number of hydrogen-bond acceptors (Lipinski definition) is 4. The lowest BCUT2D eigenvalue weighted by atomic mass is 10.2. The summed E-state index contributed by atoms with van der Waals surface area (Å²) in [6.45, 7) is 0. The van der Waals surface area contributed by atoms with Gasteiger partial charge in [-0.15, -0.1) is 0 Å². The fourth-order valence-electron chi connectivity index (χ4n) is 2.28. The molecule has 3 aromatic rings. The van der Waals surface area contributed by atoms with Crippen molar-refractivity contribution in [3.8, 4) is 11.5 Å². The number of aromatic hydroxyl groups is 1. The number of phenolic OH excluding ortho intramolecular Hbond substituents is 1. The van der Waals surface area contributed by atoms with E-state index in [1.807, 2.05) is 0 Å². The number of nitrogens with zero attached hydrogens (tertiary/aromatic N) is 1. The lowest BCUT2D eigenvalue weighted by Crippen LogP contribution is -1.96. The summed E-state index contributed by atoms with van der Waals surface area (Å²) in [7, 11) is 1.48. The van der Waals surface area contributed by atoms with Gasteiger partial charge in [-0.25, -0.2) is 9.78 Å². The van der Waals surface area contributed by atoms with Crippen LogP contribution in [0.15, 0.2) is 36.4 Å². The molecule has 0 saturated heterocycles. The Morgan fingerprint density at radius 3 is 2.83 bits per heavy atom. The highest BCUT2D eigenvalue weighted by Gasteiger charge is 2.11. The number of ether oxygens (including phenoxy) is 1. The molecule has 6 heteroatoms. The van der Waals surface area contributed by atoms with E-state index in [0.29, 0.717) is 22.6 Å². The zero-order valence-electron chi connectivity index (χ0n) is 12.3. The van der Waals surface area contributed by atoms with Crippen LogP contribution in [-0.2, 0) is 0 Å². The van der Waals surface area contributed by atoms with Gasteiger partial charge >= 0.3 is 5.97 Å². The van der Waals surface area contributed by atoms with Gasteiger partial charge in [0.1, 0.15) is 11.3 Å². The number of aromatic carboxylic acids is 1.